The molecule has 256 valence electrons. The molecule has 42 heavy (non-hydrogen) atoms. The maximum absolute atomic E-state index is 9.28. The Bertz CT molecular complexity index is 449. The highest BCUT2D eigenvalue weighted by Crippen LogP contribution is 2.17. The van der Waals surface area contributed by atoms with Gasteiger partial charge in [0.25, 0.3) is 0 Å². The van der Waals surface area contributed by atoms with Gasteiger partial charge >= 0.3 is 0 Å². The van der Waals surface area contributed by atoms with Gasteiger partial charge in [-0.05, 0) is 51.4 Å². The lowest BCUT2D eigenvalue weighted by Gasteiger charge is -2.39. The van der Waals surface area contributed by atoms with E-state index in [1.807, 2.05) is 0 Å². The van der Waals surface area contributed by atoms with Gasteiger partial charge in [0.15, 0.2) is 0 Å². The number of aliphatic carboxylic acids is 2. The van der Waals surface area contributed by atoms with Crippen molar-refractivity contribution in [1.82, 2.24) is 0 Å². The van der Waals surface area contributed by atoms with Crippen molar-refractivity contribution in [3.05, 3.63) is 0 Å². The normalized spacial score (nSPS) is 11.0. The smallest absolute Gasteiger partial charge is 0.0786 e. The summed E-state index contributed by atoms with van der Waals surface area (Å²) in [4.78, 5) is 18.6. The molecule has 0 aromatic carbocycles. The summed E-state index contributed by atoms with van der Waals surface area (Å²) < 4.78 is 2.84. The van der Waals surface area contributed by atoms with Gasteiger partial charge in [-0.3, -0.25) is 0 Å². The molecule has 0 saturated heterocycles. The fourth-order valence-electron chi connectivity index (χ4n) is 5.41. The molecule has 0 radical (unpaired) electrons. The van der Waals surface area contributed by atoms with Gasteiger partial charge in [0.1, 0.15) is 0 Å². The Morgan fingerprint density at radius 2 is 0.524 bits per heavy atom. The summed E-state index contributed by atoms with van der Waals surface area (Å²) in [5.74, 6) is -3.25. The Morgan fingerprint density at radius 1 is 0.381 bits per heavy atom. The minimum Gasteiger partial charge on any atom is -0.550 e. The molecule has 0 fully saturated rings. The zero-order chi connectivity index (χ0) is 31.8. The molecule has 0 atom stereocenters. The lowest BCUT2D eigenvalue weighted by atomic mass is 10.1. The first kappa shape index (κ1) is 47.7. The molecular formula is C35H76N2O5. The van der Waals surface area contributed by atoms with Gasteiger partial charge in [-0.15, -0.1) is 0 Å². The van der Waals surface area contributed by atoms with Crippen LogP contribution >= 0.6 is 0 Å². The van der Waals surface area contributed by atoms with Crippen LogP contribution in [0.3, 0.4) is 0 Å². The highest BCUT2D eigenvalue weighted by molar-refractivity contribution is 5.86. The Hall–Kier alpha value is -1.18. The van der Waals surface area contributed by atoms with Crippen LogP contribution in [0.4, 0.5) is 0 Å². The number of carbonyl (C=O) groups is 2. The maximum atomic E-state index is 9.28. The Kier molecular flexibility index (Phi) is 39.0. The maximum Gasteiger partial charge on any atom is 0.0786 e. The average Bonchev–Trinajstić information content (AvgIpc) is 2.95. The Morgan fingerprint density at radius 3 is 0.595 bits per heavy atom. The lowest BCUT2D eigenvalue weighted by Crippen LogP contribution is -2.50. The van der Waals surface area contributed by atoms with Crippen molar-refractivity contribution in [2.75, 3.05) is 52.4 Å². The van der Waals surface area contributed by atoms with Gasteiger partial charge in [0, 0.05) is 18.4 Å². The van der Waals surface area contributed by atoms with Crippen LogP contribution in [-0.2, 0) is 9.59 Å². The standard InChI is InChI=1S/2C16H36N.C3H4O4.H2O/c2*1-5-9-13-17(14-10-6-2,15-11-7-3)16-12-8-4;4-2(5)1-3(6)7;/h2*5-16H2,1-4H3;1H2,(H,4,5)(H,6,7);1H2/q2*+1;;/p-2. The molecule has 0 spiro atoms. The SMILES string of the molecule is CCCC[N+](CCCC)(CCCC)CCCC.CCCC[N+](CCCC)(CCCC)CCCC.O.O=C([O-])CC(=O)[O-]. The molecule has 0 saturated carbocycles. The third kappa shape index (κ3) is 30.3. The fraction of sp³-hybridized carbons (Fsp3) is 0.943. The summed E-state index contributed by atoms with van der Waals surface area (Å²) >= 11 is 0. The summed E-state index contributed by atoms with van der Waals surface area (Å²) in [6.07, 6.45) is 21.1. The Labute approximate surface area is 262 Å². The van der Waals surface area contributed by atoms with Crippen LogP contribution in [0, 0.1) is 0 Å². The molecule has 0 aromatic rings. The van der Waals surface area contributed by atoms with Gasteiger partial charge in [0.05, 0.1) is 52.4 Å². The molecule has 0 bridgehead atoms. The Balaban J connectivity index is -0.000000276. The molecule has 0 aliphatic carbocycles. The summed E-state index contributed by atoms with van der Waals surface area (Å²) in [5, 5.41) is 18.6. The number of nitrogens with zero attached hydrogens (tertiary/aromatic N) is 2. The van der Waals surface area contributed by atoms with Crippen LogP contribution in [0.1, 0.15) is 165 Å². The van der Waals surface area contributed by atoms with Gasteiger partial charge in [0.2, 0.25) is 0 Å². The number of hydrogen-bond donors (Lipinski definition) is 0. The van der Waals surface area contributed by atoms with E-state index >= 15 is 0 Å². The molecule has 2 N–H and O–H groups in total. The number of carboxylic acids is 2. The molecule has 0 aliphatic rings. The van der Waals surface area contributed by atoms with E-state index in [2.05, 4.69) is 55.4 Å². The summed E-state index contributed by atoms with van der Waals surface area (Å²) in [6.45, 7) is 30.0. The fourth-order valence-corrected chi connectivity index (χ4v) is 5.41. The van der Waals surface area contributed by atoms with E-state index in [1.165, 1.54) is 164 Å². The van der Waals surface area contributed by atoms with Gasteiger partial charge < -0.3 is 34.2 Å². The summed E-state index contributed by atoms with van der Waals surface area (Å²) in [6, 6.07) is 0. The highest BCUT2D eigenvalue weighted by Gasteiger charge is 2.25. The van der Waals surface area contributed by atoms with Crippen molar-refractivity contribution < 1.29 is 34.2 Å². The third-order valence-electron chi connectivity index (χ3n) is 8.18. The predicted molar refractivity (Wildman–Crippen MR) is 177 cm³/mol. The number of unbranched alkanes of at least 4 members (excludes halogenated alkanes) is 8. The largest absolute Gasteiger partial charge is 0.550 e. The van der Waals surface area contributed by atoms with Crippen LogP contribution in [0.25, 0.3) is 0 Å². The number of rotatable bonds is 26. The third-order valence-corrected chi connectivity index (χ3v) is 8.18. The molecule has 0 rings (SSSR count). The molecule has 0 amide bonds. The average molecular weight is 605 g/mol. The molecule has 0 heterocycles. The van der Waals surface area contributed by atoms with Crippen molar-refractivity contribution in [3.63, 3.8) is 0 Å². The molecule has 7 nitrogen and oxygen atoms in total. The first-order valence-electron chi connectivity index (χ1n) is 17.7. The van der Waals surface area contributed by atoms with Crippen LogP contribution in [-0.4, -0.2) is 78.7 Å². The van der Waals surface area contributed by atoms with E-state index in [0.29, 0.717) is 0 Å². The highest BCUT2D eigenvalue weighted by atomic mass is 16.4. The summed E-state index contributed by atoms with van der Waals surface area (Å²) in [5.41, 5.74) is 0. The minimum atomic E-state index is -1.63. The number of carbonyl (C=O) groups excluding carboxylic acids is 2. The number of hydrogen-bond acceptors (Lipinski definition) is 4. The molecule has 0 aromatic heterocycles. The zero-order valence-corrected chi connectivity index (χ0v) is 29.7. The number of quaternary nitrogens is 2. The van der Waals surface area contributed by atoms with Crippen LogP contribution < -0.4 is 10.2 Å². The first-order valence-corrected chi connectivity index (χ1v) is 17.7. The van der Waals surface area contributed by atoms with E-state index in [0.717, 1.165) is 0 Å². The van der Waals surface area contributed by atoms with Crippen LogP contribution in [0.2, 0.25) is 0 Å². The molecular weight excluding hydrogens is 528 g/mol. The monoisotopic (exact) mass is 605 g/mol. The van der Waals surface area contributed by atoms with Crippen molar-refractivity contribution in [2.24, 2.45) is 0 Å². The minimum absolute atomic E-state index is 0. The van der Waals surface area contributed by atoms with E-state index in [-0.39, 0.29) is 5.48 Å². The second kappa shape index (κ2) is 34.3. The van der Waals surface area contributed by atoms with Crippen LogP contribution in [0.15, 0.2) is 0 Å². The van der Waals surface area contributed by atoms with Gasteiger partial charge in [-0.25, -0.2) is 0 Å². The van der Waals surface area contributed by atoms with Crippen LogP contribution in [0.5, 0.6) is 0 Å². The van der Waals surface area contributed by atoms with E-state index in [9.17, 15) is 19.8 Å². The molecule has 0 unspecified atom stereocenters. The van der Waals surface area contributed by atoms with E-state index < -0.39 is 18.4 Å². The zero-order valence-electron chi connectivity index (χ0n) is 29.7. The lowest BCUT2D eigenvalue weighted by molar-refractivity contribution is -0.929. The summed E-state index contributed by atoms with van der Waals surface area (Å²) in [7, 11) is 0. The second-order valence-electron chi connectivity index (χ2n) is 12.2. The van der Waals surface area contributed by atoms with Gasteiger partial charge in [-0.1, -0.05) is 107 Å². The van der Waals surface area contributed by atoms with Crippen molar-refractivity contribution in [1.29, 1.82) is 0 Å². The molecule has 7 heteroatoms. The van der Waals surface area contributed by atoms with E-state index in [4.69, 9.17) is 0 Å². The first-order chi connectivity index (χ1) is 19.6. The predicted octanol–water partition coefficient (Wildman–Crippen LogP) is 6.06. The number of carboxylic acid groups (broad SMARTS) is 2. The van der Waals surface area contributed by atoms with Crippen molar-refractivity contribution >= 4 is 11.9 Å². The van der Waals surface area contributed by atoms with Crippen molar-refractivity contribution in [2.45, 2.75) is 165 Å². The molecule has 0 aliphatic heterocycles. The second-order valence-corrected chi connectivity index (χ2v) is 12.2. The topological polar surface area (TPSA) is 112 Å². The van der Waals surface area contributed by atoms with Crippen molar-refractivity contribution in [3.8, 4) is 0 Å². The van der Waals surface area contributed by atoms with E-state index in [1.54, 1.807) is 0 Å². The quantitative estimate of drug-likeness (QED) is 0.0882. The van der Waals surface area contributed by atoms with Gasteiger partial charge in [-0.2, -0.15) is 0 Å².